The molecule has 0 saturated carbocycles. The number of ether oxygens (including phenoxy) is 1. The predicted molar refractivity (Wildman–Crippen MR) is 127 cm³/mol. The maximum Gasteiger partial charge on any atom is 0.333 e. The van der Waals surface area contributed by atoms with Crippen molar-refractivity contribution in [3.63, 3.8) is 0 Å². The van der Waals surface area contributed by atoms with Gasteiger partial charge in [-0.15, -0.1) is 0 Å². The number of hydrogen-bond donors (Lipinski definition) is 0. The summed E-state index contributed by atoms with van der Waals surface area (Å²) in [6.45, 7) is 5.97. The molecule has 166 valence electrons. The van der Waals surface area contributed by atoms with E-state index in [0.29, 0.717) is 0 Å². The SMILES string of the molecule is CCCCCC1(CCCCC)OC(=O)C=C1N(Cc1ccccc1)Cc1ccccc1. The first-order valence-corrected chi connectivity index (χ1v) is 11.9. The summed E-state index contributed by atoms with van der Waals surface area (Å²) in [7, 11) is 0. The van der Waals surface area contributed by atoms with Gasteiger partial charge in [-0.25, -0.2) is 4.79 Å². The topological polar surface area (TPSA) is 29.5 Å². The zero-order chi connectivity index (χ0) is 21.9. The minimum Gasteiger partial charge on any atom is -0.449 e. The number of rotatable bonds is 13. The van der Waals surface area contributed by atoms with E-state index in [0.717, 1.165) is 70.2 Å². The molecule has 1 heterocycles. The molecule has 3 rings (SSSR count). The van der Waals surface area contributed by atoms with Crippen molar-refractivity contribution in [1.29, 1.82) is 0 Å². The Morgan fingerprint density at radius 1 is 0.742 bits per heavy atom. The second-order valence-electron chi connectivity index (χ2n) is 8.69. The number of unbranched alkanes of at least 4 members (excludes halogenated alkanes) is 4. The van der Waals surface area contributed by atoms with Gasteiger partial charge in [0.1, 0.15) is 0 Å². The number of esters is 1. The quantitative estimate of drug-likeness (QED) is 0.258. The van der Waals surface area contributed by atoms with Gasteiger partial charge in [0.2, 0.25) is 0 Å². The zero-order valence-corrected chi connectivity index (χ0v) is 19.2. The van der Waals surface area contributed by atoms with Gasteiger partial charge in [-0.3, -0.25) is 0 Å². The Kier molecular flexibility index (Phi) is 8.75. The van der Waals surface area contributed by atoms with Crippen molar-refractivity contribution < 1.29 is 9.53 Å². The number of benzene rings is 2. The number of cyclic esters (lactones) is 1. The van der Waals surface area contributed by atoms with Crippen LogP contribution in [0.3, 0.4) is 0 Å². The van der Waals surface area contributed by atoms with Crippen LogP contribution in [0.25, 0.3) is 0 Å². The Balaban J connectivity index is 1.93. The van der Waals surface area contributed by atoms with E-state index in [1.165, 1.54) is 11.1 Å². The molecule has 0 aliphatic carbocycles. The van der Waals surface area contributed by atoms with Crippen LogP contribution in [0.5, 0.6) is 0 Å². The monoisotopic (exact) mass is 419 g/mol. The molecule has 0 aromatic heterocycles. The van der Waals surface area contributed by atoms with Gasteiger partial charge in [-0.05, 0) is 36.8 Å². The molecule has 0 bridgehead atoms. The fraction of sp³-hybridized carbons (Fsp3) is 0.464. The van der Waals surface area contributed by atoms with Crippen molar-refractivity contribution in [2.75, 3.05) is 0 Å². The van der Waals surface area contributed by atoms with E-state index in [2.05, 4.69) is 67.3 Å². The van der Waals surface area contributed by atoms with Crippen LogP contribution in [0.2, 0.25) is 0 Å². The maximum absolute atomic E-state index is 12.6. The number of hydrogen-bond acceptors (Lipinski definition) is 3. The molecule has 0 unspecified atom stereocenters. The normalized spacial score (nSPS) is 14.9. The van der Waals surface area contributed by atoms with Gasteiger partial charge in [0.25, 0.3) is 0 Å². The van der Waals surface area contributed by atoms with Crippen molar-refractivity contribution >= 4 is 5.97 Å². The molecule has 2 aromatic rings. The first-order valence-electron chi connectivity index (χ1n) is 11.9. The van der Waals surface area contributed by atoms with E-state index < -0.39 is 5.60 Å². The molecular formula is C28H37NO2. The van der Waals surface area contributed by atoms with E-state index in [1.54, 1.807) is 6.08 Å². The van der Waals surface area contributed by atoms with Gasteiger partial charge >= 0.3 is 5.97 Å². The van der Waals surface area contributed by atoms with Crippen LogP contribution in [0.1, 0.15) is 76.3 Å². The van der Waals surface area contributed by atoms with Crippen LogP contribution in [-0.4, -0.2) is 16.5 Å². The van der Waals surface area contributed by atoms with Crippen molar-refractivity contribution in [2.45, 2.75) is 83.9 Å². The van der Waals surface area contributed by atoms with Crippen LogP contribution in [0, 0.1) is 0 Å². The average molecular weight is 420 g/mol. The molecule has 3 heteroatoms. The third-order valence-corrected chi connectivity index (χ3v) is 6.16. The molecule has 0 N–H and O–H groups in total. The van der Waals surface area contributed by atoms with Crippen LogP contribution in [-0.2, 0) is 22.6 Å². The van der Waals surface area contributed by atoms with Gasteiger partial charge in [-0.2, -0.15) is 0 Å². The molecular weight excluding hydrogens is 382 g/mol. The lowest BCUT2D eigenvalue weighted by Crippen LogP contribution is -2.40. The Bertz CT molecular complexity index is 777. The molecule has 3 nitrogen and oxygen atoms in total. The summed E-state index contributed by atoms with van der Waals surface area (Å²) in [6.07, 6.45) is 10.4. The number of nitrogens with zero attached hydrogens (tertiary/aromatic N) is 1. The standard InChI is InChI=1S/C28H37NO2/c1-3-5-13-19-28(20-14-6-4-2)26(21-27(30)31-28)29(22-24-15-9-7-10-16-24)23-25-17-11-8-12-18-25/h7-12,15-18,21H,3-6,13-14,19-20,22-23H2,1-2H3. The molecule has 1 aliphatic heterocycles. The Labute approximate surface area is 188 Å². The molecule has 0 amide bonds. The summed E-state index contributed by atoms with van der Waals surface area (Å²) in [5, 5.41) is 0. The van der Waals surface area contributed by atoms with E-state index in [-0.39, 0.29) is 5.97 Å². The molecule has 0 spiro atoms. The van der Waals surface area contributed by atoms with Crippen molar-refractivity contribution in [3.8, 4) is 0 Å². The van der Waals surface area contributed by atoms with E-state index in [1.807, 2.05) is 12.1 Å². The third kappa shape index (κ3) is 6.46. The maximum atomic E-state index is 12.6. The van der Waals surface area contributed by atoms with E-state index >= 15 is 0 Å². The van der Waals surface area contributed by atoms with Gasteiger partial charge < -0.3 is 9.64 Å². The Morgan fingerprint density at radius 2 is 1.23 bits per heavy atom. The summed E-state index contributed by atoms with van der Waals surface area (Å²) < 4.78 is 6.14. The second-order valence-corrected chi connectivity index (χ2v) is 8.69. The van der Waals surface area contributed by atoms with Crippen LogP contribution in [0.4, 0.5) is 0 Å². The molecule has 1 aliphatic rings. The van der Waals surface area contributed by atoms with Crippen molar-refractivity contribution in [3.05, 3.63) is 83.6 Å². The molecule has 0 saturated heterocycles. The highest BCUT2D eigenvalue weighted by atomic mass is 16.6. The lowest BCUT2D eigenvalue weighted by Gasteiger charge is -2.38. The lowest BCUT2D eigenvalue weighted by atomic mass is 9.86. The lowest BCUT2D eigenvalue weighted by molar-refractivity contribution is -0.148. The highest BCUT2D eigenvalue weighted by molar-refractivity contribution is 5.86. The molecule has 0 atom stereocenters. The van der Waals surface area contributed by atoms with Gasteiger partial charge in [0.15, 0.2) is 5.60 Å². The van der Waals surface area contributed by atoms with Crippen molar-refractivity contribution in [1.82, 2.24) is 4.90 Å². The highest BCUT2D eigenvalue weighted by Crippen LogP contribution is 2.41. The fourth-order valence-electron chi connectivity index (χ4n) is 4.54. The van der Waals surface area contributed by atoms with Crippen molar-refractivity contribution in [2.24, 2.45) is 0 Å². The summed E-state index contributed by atoms with van der Waals surface area (Å²) in [4.78, 5) is 15.0. The molecule has 0 fully saturated rings. The first-order chi connectivity index (χ1) is 15.2. The number of carbonyl (C=O) groups excluding carboxylic acids is 1. The number of carbonyl (C=O) groups is 1. The van der Waals surface area contributed by atoms with Gasteiger partial charge in [0.05, 0.1) is 5.70 Å². The van der Waals surface area contributed by atoms with E-state index in [4.69, 9.17) is 4.74 Å². The average Bonchev–Trinajstić information content (AvgIpc) is 3.11. The fourth-order valence-corrected chi connectivity index (χ4v) is 4.54. The predicted octanol–water partition coefficient (Wildman–Crippen LogP) is 7.03. The van der Waals surface area contributed by atoms with Crippen LogP contribution < -0.4 is 0 Å². The molecule has 2 aromatic carbocycles. The second kappa shape index (κ2) is 11.7. The minimum atomic E-state index is -0.495. The molecule has 31 heavy (non-hydrogen) atoms. The largest absolute Gasteiger partial charge is 0.449 e. The summed E-state index contributed by atoms with van der Waals surface area (Å²) >= 11 is 0. The summed E-state index contributed by atoms with van der Waals surface area (Å²) in [5.74, 6) is -0.186. The Morgan fingerprint density at radius 3 is 1.68 bits per heavy atom. The van der Waals surface area contributed by atoms with E-state index in [9.17, 15) is 4.79 Å². The van der Waals surface area contributed by atoms with Crippen LogP contribution in [0.15, 0.2) is 72.4 Å². The highest BCUT2D eigenvalue weighted by Gasteiger charge is 2.44. The minimum absolute atomic E-state index is 0.186. The van der Waals surface area contributed by atoms with Gasteiger partial charge in [0, 0.05) is 19.2 Å². The van der Waals surface area contributed by atoms with Crippen LogP contribution >= 0.6 is 0 Å². The van der Waals surface area contributed by atoms with Gasteiger partial charge in [-0.1, -0.05) is 100 Å². The Hall–Kier alpha value is -2.55. The molecule has 0 radical (unpaired) electrons. The third-order valence-electron chi connectivity index (χ3n) is 6.16. The summed E-state index contributed by atoms with van der Waals surface area (Å²) in [5.41, 5.74) is 3.06. The smallest absolute Gasteiger partial charge is 0.333 e. The summed E-state index contributed by atoms with van der Waals surface area (Å²) in [6, 6.07) is 21.1. The first kappa shape index (κ1) is 23.1. The zero-order valence-electron chi connectivity index (χ0n) is 19.2.